The lowest BCUT2D eigenvalue weighted by Crippen LogP contribution is -2.49. The number of likely N-dealkylation sites (tertiary alicyclic amines) is 2. The lowest BCUT2D eigenvalue weighted by molar-refractivity contribution is 0.173. The van der Waals surface area contributed by atoms with Gasteiger partial charge in [0, 0.05) is 32.2 Å². The molecular formula is C15H29N3O. The van der Waals surface area contributed by atoms with Gasteiger partial charge < -0.3 is 15.1 Å². The highest BCUT2D eigenvalue weighted by Gasteiger charge is 2.22. The molecular weight excluding hydrogens is 238 g/mol. The van der Waals surface area contributed by atoms with Crippen molar-refractivity contribution in [3.63, 3.8) is 0 Å². The Labute approximate surface area is 117 Å². The van der Waals surface area contributed by atoms with E-state index in [0.717, 1.165) is 39.0 Å². The fourth-order valence-electron chi connectivity index (χ4n) is 3.16. The summed E-state index contributed by atoms with van der Waals surface area (Å²) in [6.45, 7) is 7.60. The molecule has 0 radical (unpaired) electrons. The number of carbonyl (C=O) groups is 1. The lowest BCUT2D eigenvalue weighted by Gasteiger charge is -2.33. The third kappa shape index (κ3) is 4.68. The number of nitrogens with zero attached hydrogens (tertiary/aromatic N) is 2. The van der Waals surface area contributed by atoms with E-state index in [1.807, 2.05) is 4.90 Å². The van der Waals surface area contributed by atoms with E-state index in [4.69, 9.17) is 0 Å². The van der Waals surface area contributed by atoms with Crippen LogP contribution in [0.1, 0.15) is 51.9 Å². The molecule has 2 aliphatic rings. The van der Waals surface area contributed by atoms with Gasteiger partial charge in [-0.05, 0) is 38.6 Å². The van der Waals surface area contributed by atoms with E-state index in [1.165, 1.54) is 38.6 Å². The van der Waals surface area contributed by atoms with Crippen molar-refractivity contribution >= 4 is 6.03 Å². The summed E-state index contributed by atoms with van der Waals surface area (Å²) in [5.74, 6) is 0. The monoisotopic (exact) mass is 267 g/mol. The van der Waals surface area contributed by atoms with Gasteiger partial charge in [0.1, 0.15) is 0 Å². The van der Waals surface area contributed by atoms with Crippen LogP contribution in [0.4, 0.5) is 4.79 Å². The molecule has 4 nitrogen and oxygen atoms in total. The van der Waals surface area contributed by atoms with E-state index in [-0.39, 0.29) is 6.03 Å². The Morgan fingerprint density at radius 1 is 1.05 bits per heavy atom. The number of urea groups is 1. The van der Waals surface area contributed by atoms with Crippen LogP contribution >= 0.6 is 0 Å². The highest BCUT2D eigenvalue weighted by Crippen LogP contribution is 2.13. The van der Waals surface area contributed by atoms with Crippen LogP contribution in [0.5, 0.6) is 0 Å². The van der Waals surface area contributed by atoms with E-state index >= 15 is 0 Å². The van der Waals surface area contributed by atoms with Crippen molar-refractivity contribution in [2.75, 3.05) is 32.7 Å². The standard InChI is InChI=1S/C15H29N3O/c1-2-9-17-12-7-14(8-13-17)16-15(19)18-10-5-3-4-6-11-18/h14H,2-13H2,1H3,(H,16,19). The summed E-state index contributed by atoms with van der Waals surface area (Å²) >= 11 is 0. The minimum absolute atomic E-state index is 0.177. The first-order valence-corrected chi connectivity index (χ1v) is 8.07. The molecule has 19 heavy (non-hydrogen) atoms. The van der Waals surface area contributed by atoms with E-state index < -0.39 is 0 Å². The molecule has 0 spiro atoms. The average Bonchev–Trinajstić information content (AvgIpc) is 2.70. The maximum atomic E-state index is 12.2. The lowest BCUT2D eigenvalue weighted by atomic mass is 10.1. The highest BCUT2D eigenvalue weighted by atomic mass is 16.2. The zero-order chi connectivity index (χ0) is 13.5. The zero-order valence-electron chi connectivity index (χ0n) is 12.4. The van der Waals surface area contributed by atoms with Gasteiger partial charge in [-0.2, -0.15) is 0 Å². The van der Waals surface area contributed by atoms with Gasteiger partial charge in [0.05, 0.1) is 0 Å². The SMILES string of the molecule is CCCN1CCC(NC(=O)N2CCCCCC2)CC1. The number of carbonyl (C=O) groups excluding carboxylic acids is 1. The van der Waals surface area contributed by atoms with Gasteiger partial charge in [-0.3, -0.25) is 0 Å². The molecule has 2 saturated heterocycles. The molecule has 110 valence electrons. The molecule has 2 heterocycles. The summed E-state index contributed by atoms with van der Waals surface area (Å²) in [6.07, 6.45) is 8.34. The normalized spacial score (nSPS) is 23.1. The van der Waals surface area contributed by atoms with E-state index in [2.05, 4.69) is 17.1 Å². The molecule has 0 aromatic rings. The topological polar surface area (TPSA) is 35.6 Å². The Bertz CT molecular complexity index is 267. The van der Waals surface area contributed by atoms with Crippen molar-refractivity contribution in [1.29, 1.82) is 0 Å². The number of nitrogens with one attached hydrogen (secondary N) is 1. The minimum Gasteiger partial charge on any atom is -0.335 e. The van der Waals surface area contributed by atoms with Crippen LogP contribution in [0.25, 0.3) is 0 Å². The number of piperidine rings is 1. The fraction of sp³-hybridized carbons (Fsp3) is 0.933. The molecule has 4 heteroatoms. The zero-order valence-corrected chi connectivity index (χ0v) is 12.4. The van der Waals surface area contributed by atoms with Gasteiger partial charge >= 0.3 is 6.03 Å². The van der Waals surface area contributed by atoms with Crippen LogP contribution in [-0.4, -0.2) is 54.6 Å². The summed E-state index contributed by atoms with van der Waals surface area (Å²) in [4.78, 5) is 16.8. The smallest absolute Gasteiger partial charge is 0.317 e. The molecule has 2 fully saturated rings. The second kappa shape index (κ2) is 7.73. The number of amides is 2. The Kier molecular flexibility index (Phi) is 5.95. The minimum atomic E-state index is 0.177. The number of rotatable bonds is 3. The summed E-state index contributed by atoms with van der Waals surface area (Å²) in [6, 6.07) is 0.569. The molecule has 0 unspecified atom stereocenters. The third-order valence-electron chi connectivity index (χ3n) is 4.35. The van der Waals surface area contributed by atoms with Crippen molar-refractivity contribution in [1.82, 2.24) is 15.1 Å². The van der Waals surface area contributed by atoms with Crippen molar-refractivity contribution in [2.24, 2.45) is 0 Å². The predicted octanol–water partition coefficient (Wildman–Crippen LogP) is 2.45. The highest BCUT2D eigenvalue weighted by molar-refractivity contribution is 5.74. The van der Waals surface area contributed by atoms with Crippen molar-refractivity contribution in [2.45, 2.75) is 57.9 Å². The van der Waals surface area contributed by atoms with E-state index in [1.54, 1.807) is 0 Å². The first-order chi connectivity index (χ1) is 9.29. The molecule has 2 aliphatic heterocycles. The number of hydrogen-bond donors (Lipinski definition) is 1. The Morgan fingerprint density at radius 3 is 2.26 bits per heavy atom. The number of hydrogen-bond acceptors (Lipinski definition) is 2. The van der Waals surface area contributed by atoms with Crippen LogP contribution in [-0.2, 0) is 0 Å². The van der Waals surface area contributed by atoms with Crippen LogP contribution in [0.15, 0.2) is 0 Å². The van der Waals surface area contributed by atoms with Crippen molar-refractivity contribution in [3.8, 4) is 0 Å². The molecule has 0 aromatic carbocycles. The first kappa shape index (κ1) is 14.6. The molecule has 0 aromatic heterocycles. The van der Waals surface area contributed by atoms with Gasteiger partial charge in [0.2, 0.25) is 0 Å². The molecule has 1 N–H and O–H groups in total. The molecule has 2 rings (SSSR count). The average molecular weight is 267 g/mol. The van der Waals surface area contributed by atoms with Crippen molar-refractivity contribution in [3.05, 3.63) is 0 Å². The van der Waals surface area contributed by atoms with Crippen LogP contribution in [0.3, 0.4) is 0 Å². The van der Waals surface area contributed by atoms with Crippen LogP contribution in [0.2, 0.25) is 0 Å². The van der Waals surface area contributed by atoms with Crippen molar-refractivity contribution < 1.29 is 4.79 Å². The molecule has 0 bridgehead atoms. The third-order valence-corrected chi connectivity index (χ3v) is 4.35. The molecule has 0 atom stereocenters. The fourth-order valence-corrected chi connectivity index (χ4v) is 3.16. The van der Waals surface area contributed by atoms with Gasteiger partial charge in [-0.25, -0.2) is 4.79 Å². The molecule has 0 aliphatic carbocycles. The van der Waals surface area contributed by atoms with Crippen LogP contribution in [0, 0.1) is 0 Å². The molecule has 0 saturated carbocycles. The van der Waals surface area contributed by atoms with E-state index in [9.17, 15) is 4.79 Å². The van der Waals surface area contributed by atoms with E-state index in [0.29, 0.717) is 6.04 Å². The van der Waals surface area contributed by atoms with Gasteiger partial charge in [-0.15, -0.1) is 0 Å². The van der Waals surface area contributed by atoms with Gasteiger partial charge in [-0.1, -0.05) is 19.8 Å². The maximum Gasteiger partial charge on any atom is 0.317 e. The quantitative estimate of drug-likeness (QED) is 0.852. The summed E-state index contributed by atoms with van der Waals surface area (Å²) in [5, 5.41) is 3.24. The second-order valence-corrected chi connectivity index (χ2v) is 5.97. The van der Waals surface area contributed by atoms with Gasteiger partial charge in [0.15, 0.2) is 0 Å². The Morgan fingerprint density at radius 2 is 1.68 bits per heavy atom. The first-order valence-electron chi connectivity index (χ1n) is 8.07. The largest absolute Gasteiger partial charge is 0.335 e. The van der Waals surface area contributed by atoms with Crippen LogP contribution < -0.4 is 5.32 Å². The maximum absolute atomic E-state index is 12.2. The summed E-state index contributed by atoms with van der Waals surface area (Å²) < 4.78 is 0. The summed E-state index contributed by atoms with van der Waals surface area (Å²) in [5.41, 5.74) is 0. The predicted molar refractivity (Wildman–Crippen MR) is 78.3 cm³/mol. The Hall–Kier alpha value is -0.770. The Balaban J connectivity index is 1.70. The molecule has 2 amide bonds. The van der Waals surface area contributed by atoms with Gasteiger partial charge in [0.25, 0.3) is 0 Å². The second-order valence-electron chi connectivity index (χ2n) is 5.97. The summed E-state index contributed by atoms with van der Waals surface area (Å²) in [7, 11) is 0.